The molecular weight excluding hydrogens is 292 g/mol. The van der Waals surface area contributed by atoms with Crippen LogP contribution in [0.15, 0.2) is 6.33 Å². The second-order valence-corrected chi connectivity index (χ2v) is 7.73. The molecule has 1 saturated heterocycles. The van der Waals surface area contributed by atoms with Crippen molar-refractivity contribution in [1.82, 2.24) is 19.8 Å². The van der Waals surface area contributed by atoms with Crippen molar-refractivity contribution < 1.29 is 9.53 Å². The van der Waals surface area contributed by atoms with Crippen LogP contribution in [0.3, 0.4) is 0 Å². The molecule has 1 atom stereocenters. The summed E-state index contributed by atoms with van der Waals surface area (Å²) in [6.45, 7) is 8.16. The molecule has 6 heteroatoms. The lowest BCUT2D eigenvalue weighted by molar-refractivity contribution is 0.0252. The summed E-state index contributed by atoms with van der Waals surface area (Å²) >= 11 is 0. The van der Waals surface area contributed by atoms with E-state index in [2.05, 4.69) is 21.9 Å². The van der Waals surface area contributed by atoms with Gasteiger partial charge in [-0.15, -0.1) is 0 Å². The molecule has 0 saturated carbocycles. The molecule has 1 amide bonds. The average Bonchev–Trinajstić information content (AvgIpc) is 2.71. The van der Waals surface area contributed by atoms with Gasteiger partial charge in [-0.25, -0.2) is 9.78 Å². The summed E-state index contributed by atoms with van der Waals surface area (Å²) in [4.78, 5) is 18.8. The molecule has 1 unspecified atom stereocenters. The highest BCUT2D eigenvalue weighted by Crippen LogP contribution is 2.37. The lowest BCUT2D eigenvalue weighted by atomic mass is 9.82. The molecule has 6 nitrogen and oxygen atoms in total. The number of ether oxygens (including phenoxy) is 1. The van der Waals surface area contributed by atoms with E-state index in [1.54, 1.807) is 0 Å². The standard InChI is InChI=1S/C17H28N4O2/c1-16(2,3)23-15(22)21-10-5-7-17(8-11-21)14-13(6-9-19-17)18-12-20(14)4/h12,19H,5-11H2,1-4H3. The molecule has 2 aliphatic rings. The molecule has 0 aromatic carbocycles. The summed E-state index contributed by atoms with van der Waals surface area (Å²) in [5.74, 6) is 0. The molecule has 0 radical (unpaired) electrons. The maximum Gasteiger partial charge on any atom is 0.410 e. The number of amides is 1. The van der Waals surface area contributed by atoms with Gasteiger partial charge in [-0.2, -0.15) is 0 Å². The number of rotatable bonds is 0. The molecule has 23 heavy (non-hydrogen) atoms. The van der Waals surface area contributed by atoms with Gasteiger partial charge in [0.1, 0.15) is 5.60 Å². The molecular formula is C17H28N4O2. The fourth-order valence-corrected chi connectivity index (χ4v) is 3.84. The van der Waals surface area contributed by atoms with Crippen LogP contribution in [0, 0.1) is 0 Å². The Kier molecular flexibility index (Phi) is 4.12. The van der Waals surface area contributed by atoms with Gasteiger partial charge in [-0.1, -0.05) is 0 Å². The highest BCUT2D eigenvalue weighted by molar-refractivity contribution is 5.68. The first-order chi connectivity index (χ1) is 10.8. The molecule has 1 spiro atoms. The van der Waals surface area contributed by atoms with E-state index >= 15 is 0 Å². The Hall–Kier alpha value is -1.56. The van der Waals surface area contributed by atoms with Crippen LogP contribution in [0.25, 0.3) is 0 Å². The van der Waals surface area contributed by atoms with Crippen molar-refractivity contribution in [2.24, 2.45) is 7.05 Å². The summed E-state index contributed by atoms with van der Waals surface area (Å²) in [5.41, 5.74) is 2.00. The van der Waals surface area contributed by atoms with Crippen LogP contribution in [0.1, 0.15) is 51.4 Å². The minimum Gasteiger partial charge on any atom is -0.444 e. The van der Waals surface area contributed by atoms with Crippen LogP contribution in [0.2, 0.25) is 0 Å². The summed E-state index contributed by atoms with van der Waals surface area (Å²) in [5, 5.41) is 3.73. The Balaban J connectivity index is 1.77. The Labute approximate surface area is 138 Å². The number of hydrogen-bond acceptors (Lipinski definition) is 4. The third kappa shape index (κ3) is 3.22. The number of hydrogen-bond donors (Lipinski definition) is 1. The first-order valence-electron chi connectivity index (χ1n) is 8.54. The molecule has 0 aliphatic carbocycles. The van der Waals surface area contributed by atoms with Gasteiger partial charge >= 0.3 is 6.09 Å². The van der Waals surface area contributed by atoms with E-state index in [1.165, 1.54) is 11.4 Å². The number of carbonyl (C=O) groups excluding carboxylic acids is 1. The molecule has 1 N–H and O–H groups in total. The van der Waals surface area contributed by atoms with Gasteiger partial charge in [-0.3, -0.25) is 0 Å². The van der Waals surface area contributed by atoms with E-state index in [4.69, 9.17) is 4.74 Å². The Morgan fingerprint density at radius 1 is 1.35 bits per heavy atom. The fourth-order valence-electron chi connectivity index (χ4n) is 3.84. The lowest BCUT2D eigenvalue weighted by Crippen LogP contribution is -2.49. The van der Waals surface area contributed by atoms with Gasteiger partial charge in [0.2, 0.25) is 0 Å². The number of aryl methyl sites for hydroxylation is 1. The third-order valence-corrected chi connectivity index (χ3v) is 4.78. The van der Waals surface area contributed by atoms with Gasteiger partial charge in [0.15, 0.2) is 0 Å². The van der Waals surface area contributed by atoms with E-state index in [9.17, 15) is 4.79 Å². The predicted octanol–water partition coefficient (Wildman–Crippen LogP) is 2.18. The molecule has 0 bridgehead atoms. The van der Waals surface area contributed by atoms with Gasteiger partial charge < -0.3 is 19.5 Å². The van der Waals surface area contributed by atoms with Crippen LogP contribution < -0.4 is 5.32 Å². The molecule has 128 valence electrons. The zero-order valence-corrected chi connectivity index (χ0v) is 14.7. The molecule has 1 fully saturated rings. The molecule has 1 aromatic rings. The number of nitrogens with zero attached hydrogens (tertiary/aromatic N) is 3. The summed E-state index contributed by atoms with van der Waals surface area (Å²) < 4.78 is 7.68. The minimum atomic E-state index is -0.445. The second kappa shape index (κ2) is 5.82. The fraction of sp³-hybridized carbons (Fsp3) is 0.765. The largest absolute Gasteiger partial charge is 0.444 e. The third-order valence-electron chi connectivity index (χ3n) is 4.78. The highest BCUT2D eigenvalue weighted by atomic mass is 16.6. The number of likely N-dealkylation sites (tertiary alicyclic amines) is 1. The molecule has 3 rings (SSSR count). The number of nitrogens with one attached hydrogen (secondary N) is 1. The number of fused-ring (bicyclic) bond motifs is 2. The quantitative estimate of drug-likeness (QED) is 0.796. The van der Waals surface area contributed by atoms with Crippen molar-refractivity contribution in [2.45, 2.75) is 57.6 Å². The second-order valence-electron chi connectivity index (χ2n) is 7.73. The SMILES string of the molecule is Cn1cnc2c1C1(CCCN(C(=O)OC(C)(C)C)CC1)NCC2. The minimum absolute atomic E-state index is 0.0599. The van der Waals surface area contributed by atoms with Crippen LogP contribution in [0.5, 0.6) is 0 Å². The highest BCUT2D eigenvalue weighted by Gasteiger charge is 2.41. The average molecular weight is 320 g/mol. The zero-order chi connectivity index (χ0) is 16.7. The Morgan fingerprint density at radius 3 is 2.87 bits per heavy atom. The Morgan fingerprint density at radius 2 is 2.13 bits per heavy atom. The first kappa shape index (κ1) is 16.3. The van der Waals surface area contributed by atoms with E-state index in [-0.39, 0.29) is 11.6 Å². The van der Waals surface area contributed by atoms with Crippen LogP contribution >= 0.6 is 0 Å². The summed E-state index contributed by atoms with van der Waals surface area (Å²) in [6.07, 6.45) is 5.59. The van der Waals surface area contributed by atoms with E-state index < -0.39 is 5.60 Å². The van der Waals surface area contributed by atoms with E-state index in [1.807, 2.05) is 32.0 Å². The molecule has 3 heterocycles. The van der Waals surface area contributed by atoms with Crippen molar-refractivity contribution in [2.75, 3.05) is 19.6 Å². The van der Waals surface area contributed by atoms with Crippen molar-refractivity contribution in [1.29, 1.82) is 0 Å². The van der Waals surface area contributed by atoms with Crippen LogP contribution in [0.4, 0.5) is 4.79 Å². The maximum atomic E-state index is 12.4. The van der Waals surface area contributed by atoms with E-state index in [0.29, 0.717) is 6.54 Å². The van der Waals surface area contributed by atoms with Crippen molar-refractivity contribution in [3.8, 4) is 0 Å². The summed E-state index contributed by atoms with van der Waals surface area (Å²) in [6, 6.07) is 0. The maximum absolute atomic E-state index is 12.4. The van der Waals surface area contributed by atoms with Gasteiger partial charge in [0.05, 0.1) is 23.3 Å². The van der Waals surface area contributed by atoms with Gasteiger partial charge in [0, 0.05) is 33.1 Å². The van der Waals surface area contributed by atoms with Gasteiger partial charge in [0.25, 0.3) is 0 Å². The van der Waals surface area contributed by atoms with Crippen molar-refractivity contribution in [3.05, 3.63) is 17.7 Å². The van der Waals surface area contributed by atoms with E-state index in [0.717, 1.165) is 38.8 Å². The number of imidazole rings is 1. The smallest absolute Gasteiger partial charge is 0.410 e. The normalized spacial score (nSPS) is 25.1. The van der Waals surface area contributed by atoms with Crippen LogP contribution in [-0.2, 0) is 23.7 Å². The lowest BCUT2D eigenvalue weighted by Gasteiger charge is -2.38. The predicted molar refractivity (Wildman–Crippen MR) is 88.3 cm³/mol. The molecule has 1 aromatic heterocycles. The topological polar surface area (TPSA) is 59.4 Å². The number of aromatic nitrogens is 2. The molecule has 2 aliphatic heterocycles. The Bertz CT molecular complexity index is 590. The zero-order valence-electron chi connectivity index (χ0n) is 14.7. The number of carbonyl (C=O) groups is 1. The summed E-state index contributed by atoms with van der Waals surface area (Å²) in [7, 11) is 2.07. The first-order valence-corrected chi connectivity index (χ1v) is 8.54. The monoisotopic (exact) mass is 320 g/mol. The van der Waals surface area contributed by atoms with Gasteiger partial charge in [-0.05, 0) is 40.0 Å². The van der Waals surface area contributed by atoms with Crippen molar-refractivity contribution >= 4 is 6.09 Å². The van der Waals surface area contributed by atoms with Crippen molar-refractivity contribution in [3.63, 3.8) is 0 Å². The van der Waals surface area contributed by atoms with Crippen LogP contribution in [-0.4, -0.2) is 45.8 Å².